The highest BCUT2D eigenvalue weighted by molar-refractivity contribution is 5.80. The summed E-state index contributed by atoms with van der Waals surface area (Å²) in [5.74, 6) is 2.99. The number of aromatic nitrogens is 2. The van der Waals surface area contributed by atoms with Crippen molar-refractivity contribution in [1.29, 1.82) is 0 Å². The van der Waals surface area contributed by atoms with E-state index in [1.807, 2.05) is 18.0 Å². The minimum Gasteiger partial charge on any atom is -0.390 e. The summed E-state index contributed by atoms with van der Waals surface area (Å²) in [4.78, 5) is 13.7. The van der Waals surface area contributed by atoms with Crippen LogP contribution in [0, 0.1) is 17.8 Å². The molecule has 2 aliphatic heterocycles. The molecule has 174 valence electrons. The number of nitrogens with one attached hydrogen (secondary N) is 1. The van der Waals surface area contributed by atoms with Crippen LogP contribution in [0.3, 0.4) is 0 Å². The van der Waals surface area contributed by atoms with Crippen molar-refractivity contribution in [2.24, 2.45) is 17.8 Å². The maximum absolute atomic E-state index is 14.7. The first-order valence-corrected chi connectivity index (χ1v) is 12.1. The maximum Gasteiger partial charge on any atom is 0.229 e. The van der Waals surface area contributed by atoms with Crippen LogP contribution in [0.25, 0.3) is 0 Å². The second-order valence-corrected chi connectivity index (χ2v) is 11.1. The first-order chi connectivity index (χ1) is 15.8. The summed E-state index contributed by atoms with van der Waals surface area (Å²) in [5.41, 5.74) is 0.541. The van der Waals surface area contributed by atoms with E-state index in [0.717, 1.165) is 55.9 Å². The smallest absolute Gasteiger partial charge is 0.229 e. The summed E-state index contributed by atoms with van der Waals surface area (Å²) in [6.07, 6.45) is 11.8. The highest BCUT2D eigenvalue weighted by Crippen LogP contribution is 2.62. The first kappa shape index (κ1) is 20.0. The number of halogens is 1. The Hall–Kier alpha value is -2.45. The Labute approximate surface area is 193 Å². The minimum absolute atomic E-state index is 0.175. The zero-order valence-corrected chi connectivity index (χ0v) is 18.9. The number of hydrogen-bond acceptors (Lipinski definition) is 7. The zero-order valence-electron chi connectivity index (χ0n) is 18.9. The number of hydrogen-bond donors (Lipinski definition) is 2. The van der Waals surface area contributed by atoms with E-state index < -0.39 is 5.60 Å². The predicted molar refractivity (Wildman–Crippen MR) is 123 cm³/mol. The third-order valence-electron chi connectivity index (χ3n) is 8.82. The first-order valence-electron chi connectivity index (χ1n) is 12.1. The van der Waals surface area contributed by atoms with Gasteiger partial charge in [-0.05, 0) is 62.9 Å². The molecule has 0 aromatic carbocycles. The largest absolute Gasteiger partial charge is 0.390 e. The summed E-state index contributed by atoms with van der Waals surface area (Å²) in [6, 6.07) is 0. The maximum atomic E-state index is 14.7. The lowest BCUT2D eigenvalue weighted by Crippen LogP contribution is -2.65. The molecule has 7 nitrogen and oxygen atoms in total. The average molecular weight is 452 g/mol. The lowest BCUT2D eigenvalue weighted by Gasteiger charge is -2.62. The van der Waals surface area contributed by atoms with Gasteiger partial charge in [0.2, 0.25) is 5.95 Å². The minimum atomic E-state index is -0.583. The molecule has 8 rings (SSSR count). The van der Waals surface area contributed by atoms with Gasteiger partial charge in [0.05, 0.1) is 29.1 Å². The van der Waals surface area contributed by atoms with E-state index in [4.69, 9.17) is 9.72 Å². The summed E-state index contributed by atoms with van der Waals surface area (Å²) < 4.78 is 20.3. The van der Waals surface area contributed by atoms with Gasteiger partial charge in [-0.15, -0.1) is 0 Å². The van der Waals surface area contributed by atoms with Gasteiger partial charge >= 0.3 is 0 Å². The second-order valence-electron chi connectivity index (χ2n) is 11.1. The summed E-state index contributed by atoms with van der Waals surface area (Å²) in [6.45, 7) is 5.04. The fourth-order valence-corrected chi connectivity index (χ4v) is 7.89. The van der Waals surface area contributed by atoms with E-state index in [1.54, 1.807) is 12.3 Å². The molecule has 1 saturated heterocycles. The molecule has 4 saturated carbocycles. The Bertz CT molecular complexity index is 1100. The molecule has 4 atom stereocenters. The molecular formula is C25H30FN5O2. The number of rotatable bonds is 3. The van der Waals surface area contributed by atoms with Gasteiger partial charge in [-0.25, -0.2) is 9.37 Å². The molecule has 3 heterocycles. The van der Waals surface area contributed by atoms with Crippen LogP contribution >= 0.6 is 0 Å². The van der Waals surface area contributed by atoms with Crippen LogP contribution in [-0.2, 0) is 4.74 Å². The van der Waals surface area contributed by atoms with Crippen LogP contribution in [0.1, 0.15) is 44.9 Å². The van der Waals surface area contributed by atoms with Crippen molar-refractivity contribution < 1.29 is 14.2 Å². The van der Waals surface area contributed by atoms with Crippen molar-refractivity contribution in [1.82, 2.24) is 9.97 Å². The SMILES string of the molecule is C=C1N(C)c2cnc(NC3=CC4CCOC4C=C3F)nc2N1C12CC3CC(CC(O)(C3)C1)C2. The van der Waals surface area contributed by atoms with Gasteiger partial charge in [0.15, 0.2) is 5.82 Å². The highest BCUT2D eigenvalue weighted by atomic mass is 19.1. The second kappa shape index (κ2) is 6.57. The fourth-order valence-electron chi connectivity index (χ4n) is 7.89. The summed E-state index contributed by atoms with van der Waals surface area (Å²) >= 11 is 0. The van der Waals surface area contributed by atoms with E-state index in [0.29, 0.717) is 30.1 Å². The quantitative estimate of drug-likeness (QED) is 0.723. The third-order valence-corrected chi connectivity index (χ3v) is 8.82. The van der Waals surface area contributed by atoms with Crippen LogP contribution in [0.15, 0.2) is 42.3 Å². The molecule has 0 amide bonds. The summed E-state index contributed by atoms with van der Waals surface area (Å²) in [7, 11) is 1.99. The molecule has 4 unspecified atom stereocenters. The average Bonchev–Trinajstić information content (AvgIpc) is 3.28. The van der Waals surface area contributed by atoms with Crippen molar-refractivity contribution in [2.75, 3.05) is 28.8 Å². The van der Waals surface area contributed by atoms with Crippen molar-refractivity contribution in [3.63, 3.8) is 0 Å². The number of fused-ring (bicyclic) bond motifs is 2. The van der Waals surface area contributed by atoms with Gasteiger partial charge in [-0.1, -0.05) is 12.7 Å². The van der Waals surface area contributed by atoms with Crippen LogP contribution in [0.4, 0.5) is 21.8 Å². The molecule has 5 aliphatic carbocycles. The van der Waals surface area contributed by atoms with Gasteiger partial charge < -0.3 is 25.0 Å². The lowest BCUT2D eigenvalue weighted by molar-refractivity contribution is -0.133. The van der Waals surface area contributed by atoms with Crippen molar-refractivity contribution in [3.8, 4) is 0 Å². The van der Waals surface area contributed by atoms with Crippen LogP contribution in [-0.4, -0.2) is 46.0 Å². The van der Waals surface area contributed by atoms with Crippen molar-refractivity contribution in [2.45, 2.75) is 62.2 Å². The molecule has 7 aliphatic rings. The fraction of sp³-hybridized carbons (Fsp3) is 0.600. The van der Waals surface area contributed by atoms with Gasteiger partial charge in [0, 0.05) is 19.6 Å². The molecule has 8 heteroatoms. The molecule has 0 spiro atoms. The molecule has 0 radical (unpaired) electrons. The number of allylic oxidation sites excluding steroid dienone is 1. The lowest BCUT2D eigenvalue weighted by atomic mass is 9.50. The Morgan fingerprint density at radius 2 is 2.03 bits per heavy atom. The van der Waals surface area contributed by atoms with E-state index in [-0.39, 0.29) is 23.4 Å². The molecule has 4 bridgehead atoms. The van der Waals surface area contributed by atoms with Crippen molar-refractivity contribution >= 4 is 17.5 Å². The summed E-state index contributed by atoms with van der Waals surface area (Å²) in [5, 5.41) is 14.4. The van der Waals surface area contributed by atoms with Crippen LogP contribution in [0.5, 0.6) is 0 Å². The molecule has 1 aromatic heterocycles. The Balaban J connectivity index is 1.24. The zero-order chi connectivity index (χ0) is 22.5. The Kier molecular flexibility index (Phi) is 3.98. The number of anilines is 3. The third kappa shape index (κ3) is 2.86. The Morgan fingerprint density at radius 3 is 2.79 bits per heavy atom. The molecular weight excluding hydrogens is 421 g/mol. The Morgan fingerprint density at radius 1 is 1.24 bits per heavy atom. The molecule has 1 aromatic rings. The monoisotopic (exact) mass is 451 g/mol. The van der Waals surface area contributed by atoms with E-state index >= 15 is 0 Å². The van der Waals surface area contributed by atoms with E-state index in [9.17, 15) is 9.50 Å². The molecule has 5 fully saturated rings. The standard InChI is InChI=1S/C25H30FN5O2/c1-14-30(2)20-12-27-23(28-19-6-17-3-4-33-21(17)7-18(19)26)29-22(20)31(14)24-8-15-5-16(9-24)11-25(32,10-15)13-24/h6-7,12,15-17,21,32H,1,3-5,8-11,13H2,2H3,(H,27,28,29). The van der Waals surface area contributed by atoms with Gasteiger partial charge in [0.25, 0.3) is 0 Å². The number of aliphatic hydroxyl groups is 1. The molecule has 2 N–H and O–H groups in total. The van der Waals surface area contributed by atoms with E-state index in [2.05, 4.69) is 21.8 Å². The van der Waals surface area contributed by atoms with Crippen LogP contribution in [0.2, 0.25) is 0 Å². The topological polar surface area (TPSA) is 73.8 Å². The normalized spacial score (nSPS) is 40.6. The van der Waals surface area contributed by atoms with Gasteiger partial charge in [-0.3, -0.25) is 0 Å². The van der Waals surface area contributed by atoms with Crippen molar-refractivity contribution in [3.05, 3.63) is 42.3 Å². The number of ether oxygens (including phenoxy) is 1. The van der Waals surface area contributed by atoms with E-state index in [1.165, 1.54) is 6.42 Å². The predicted octanol–water partition coefficient (Wildman–Crippen LogP) is 3.86. The molecule has 33 heavy (non-hydrogen) atoms. The number of nitrogens with zero attached hydrogens (tertiary/aromatic N) is 4. The van der Waals surface area contributed by atoms with Crippen LogP contribution < -0.4 is 15.1 Å². The van der Waals surface area contributed by atoms with Gasteiger partial charge in [-0.2, -0.15) is 4.98 Å². The van der Waals surface area contributed by atoms with Gasteiger partial charge in [0.1, 0.15) is 17.3 Å². The highest BCUT2D eigenvalue weighted by Gasteiger charge is 2.61.